The van der Waals surface area contributed by atoms with Gasteiger partial charge in [-0.05, 0) is 13.0 Å². The number of nitrogens with one attached hydrogen (secondary N) is 1. The monoisotopic (exact) mass is 252 g/mol. The van der Waals surface area contributed by atoms with Crippen molar-refractivity contribution in [3.8, 4) is 0 Å². The van der Waals surface area contributed by atoms with Crippen molar-refractivity contribution < 1.29 is 9.90 Å². The van der Waals surface area contributed by atoms with E-state index in [1.165, 1.54) is 11.3 Å². The standard InChI is InChI=1S/C10H12N4O2S/c1-6-8(9(15)16)12-10(17-6)11-5-7-3-4-14(2)13-7/h3-4H,5H2,1-2H3,(H,11,12)(H,15,16). The molecule has 90 valence electrons. The molecule has 0 unspecified atom stereocenters. The van der Waals surface area contributed by atoms with Gasteiger partial charge < -0.3 is 10.4 Å². The first-order valence-electron chi connectivity index (χ1n) is 4.99. The van der Waals surface area contributed by atoms with Gasteiger partial charge in [-0.2, -0.15) is 5.10 Å². The van der Waals surface area contributed by atoms with Gasteiger partial charge in [-0.3, -0.25) is 4.68 Å². The molecule has 0 aliphatic heterocycles. The summed E-state index contributed by atoms with van der Waals surface area (Å²) in [5.74, 6) is -0.996. The number of rotatable bonds is 4. The summed E-state index contributed by atoms with van der Waals surface area (Å²) in [5, 5.41) is 16.7. The molecule has 0 bridgehead atoms. The van der Waals surface area contributed by atoms with E-state index in [1.807, 2.05) is 19.3 Å². The van der Waals surface area contributed by atoms with Crippen LogP contribution in [0.2, 0.25) is 0 Å². The van der Waals surface area contributed by atoms with Gasteiger partial charge in [0.1, 0.15) is 0 Å². The second kappa shape index (κ2) is 4.54. The number of hydrogen-bond acceptors (Lipinski definition) is 5. The maximum Gasteiger partial charge on any atom is 0.355 e. The summed E-state index contributed by atoms with van der Waals surface area (Å²) in [5.41, 5.74) is 0.996. The Balaban J connectivity index is 2.04. The average molecular weight is 252 g/mol. The van der Waals surface area contributed by atoms with Crippen molar-refractivity contribution in [1.82, 2.24) is 14.8 Å². The van der Waals surface area contributed by atoms with Gasteiger partial charge in [0.05, 0.1) is 12.2 Å². The number of hydrogen-bond donors (Lipinski definition) is 2. The molecule has 0 saturated carbocycles. The smallest absolute Gasteiger partial charge is 0.355 e. The van der Waals surface area contributed by atoms with Crippen LogP contribution in [-0.4, -0.2) is 25.8 Å². The molecule has 7 heteroatoms. The molecule has 0 aliphatic rings. The fraction of sp³-hybridized carbons (Fsp3) is 0.300. The molecule has 2 N–H and O–H groups in total. The van der Waals surface area contributed by atoms with Crippen LogP contribution in [0.5, 0.6) is 0 Å². The van der Waals surface area contributed by atoms with E-state index in [1.54, 1.807) is 11.6 Å². The van der Waals surface area contributed by atoms with Crippen LogP contribution in [0.15, 0.2) is 12.3 Å². The van der Waals surface area contributed by atoms with Crippen molar-refractivity contribution >= 4 is 22.4 Å². The topological polar surface area (TPSA) is 80.0 Å². The van der Waals surface area contributed by atoms with E-state index in [4.69, 9.17) is 5.11 Å². The molecule has 0 aromatic carbocycles. The van der Waals surface area contributed by atoms with Crippen LogP contribution in [-0.2, 0) is 13.6 Å². The summed E-state index contributed by atoms with van der Waals surface area (Å²) in [6, 6.07) is 1.89. The highest BCUT2D eigenvalue weighted by molar-refractivity contribution is 7.15. The second-order valence-electron chi connectivity index (χ2n) is 3.56. The molecule has 0 saturated heterocycles. The number of carbonyl (C=O) groups is 1. The van der Waals surface area contributed by atoms with Gasteiger partial charge in [-0.25, -0.2) is 9.78 Å². The Morgan fingerprint density at radius 2 is 2.41 bits per heavy atom. The van der Waals surface area contributed by atoms with Crippen LogP contribution >= 0.6 is 11.3 Å². The van der Waals surface area contributed by atoms with Crippen LogP contribution < -0.4 is 5.32 Å². The molecule has 2 aromatic rings. The first kappa shape index (κ1) is 11.6. The van der Waals surface area contributed by atoms with Crippen LogP contribution in [0.3, 0.4) is 0 Å². The number of aromatic nitrogens is 3. The Labute approximate surface area is 102 Å². The minimum atomic E-state index is -0.996. The van der Waals surface area contributed by atoms with Crippen molar-refractivity contribution in [2.75, 3.05) is 5.32 Å². The number of anilines is 1. The molecule has 0 spiro atoms. The first-order valence-corrected chi connectivity index (χ1v) is 5.81. The van der Waals surface area contributed by atoms with E-state index < -0.39 is 5.97 Å². The molecular weight excluding hydrogens is 240 g/mol. The van der Waals surface area contributed by atoms with Crippen molar-refractivity contribution in [2.45, 2.75) is 13.5 Å². The Hall–Kier alpha value is -1.89. The van der Waals surface area contributed by atoms with Gasteiger partial charge in [0.15, 0.2) is 10.8 Å². The summed E-state index contributed by atoms with van der Waals surface area (Å²) in [6.45, 7) is 2.28. The van der Waals surface area contributed by atoms with E-state index in [2.05, 4.69) is 15.4 Å². The number of aromatic carboxylic acids is 1. The molecule has 0 radical (unpaired) electrons. The van der Waals surface area contributed by atoms with E-state index in [0.29, 0.717) is 16.6 Å². The molecule has 6 nitrogen and oxygen atoms in total. The zero-order valence-corrected chi connectivity index (χ0v) is 10.3. The predicted octanol–water partition coefficient (Wildman–Crippen LogP) is 1.50. The van der Waals surface area contributed by atoms with Gasteiger partial charge in [-0.1, -0.05) is 0 Å². The normalized spacial score (nSPS) is 10.5. The van der Waals surface area contributed by atoms with E-state index in [-0.39, 0.29) is 5.69 Å². The molecular formula is C10H12N4O2S. The largest absolute Gasteiger partial charge is 0.476 e. The molecule has 0 aliphatic carbocycles. The van der Waals surface area contributed by atoms with Gasteiger partial charge in [0.25, 0.3) is 0 Å². The van der Waals surface area contributed by atoms with Crippen LogP contribution in [0.25, 0.3) is 0 Å². The highest BCUT2D eigenvalue weighted by Gasteiger charge is 2.13. The lowest BCUT2D eigenvalue weighted by molar-refractivity contribution is 0.0690. The van der Waals surface area contributed by atoms with Crippen LogP contribution in [0.4, 0.5) is 5.13 Å². The summed E-state index contributed by atoms with van der Waals surface area (Å²) < 4.78 is 1.72. The van der Waals surface area contributed by atoms with Gasteiger partial charge in [-0.15, -0.1) is 11.3 Å². The Morgan fingerprint density at radius 3 is 2.94 bits per heavy atom. The molecule has 0 amide bonds. The van der Waals surface area contributed by atoms with Crippen LogP contribution in [0, 0.1) is 6.92 Å². The lowest BCUT2D eigenvalue weighted by atomic mass is 10.4. The Kier molecular flexibility index (Phi) is 3.10. The van der Waals surface area contributed by atoms with Crippen LogP contribution in [0.1, 0.15) is 21.1 Å². The van der Waals surface area contributed by atoms with Crippen molar-refractivity contribution in [3.63, 3.8) is 0 Å². The lowest BCUT2D eigenvalue weighted by Gasteiger charge is -1.98. The van der Waals surface area contributed by atoms with Crippen molar-refractivity contribution in [1.29, 1.82) is 0 Å². The average Bonchev–Trinajstić information content (AvgIpc) is 2.82. The third-order valence-corrected chi connectivity index (χ3v) is 3.12. The maximum atomic E-state index is 10.8. The number of nitrogens with zero attached hydrogens (tertiary/aromatic N) is 3. The Bertz CT molecular complexity index is 546. The number of carboxylic acids is 1. The summed E-state index contributed by atoms with van der Waals surface area (Å²) >= 11 is 1.33. The van der Waals surface area contributed by atoms with Crippen molar-refractivity contribution in [3.05, 3.63) is 28.5 Å². The highest BCUT2D eigenvalue weighted by Crippen LogP contribution is 2.22. The Morgan fingerprint density at radius 1 is 1.65 bits per heavy atom. The van der Waals surface area contributed by atoms with Gasteiger partial charge in [0.2, 0.25) is 0 Å². The zero-order chi connectivity index (χ0) is 12.4. The minimum absolute atomic E-state index is 0.110. The summed E-state index contributed by atoms with van der Waals surface area (Å²) in [4.78, 5) is 15.5. The summed E-state index contributed by atoms with van der Waals surface area (Å²) in [7, 11) is 1.85. The first-order chi connectivity index (χ1) is 8.06. The molecule has 0 atom stereocenters. The molecule has 0 fully saturated rings. The fourth-order valence-electron chi connectivity index (χ4n) is 1.39. The molecule has 2 heterocycles. The highest BCUT2D eigenvalue weighted by atomic mass is 32.1. The fourth-order valence-corrected chi connectivity index (χ4v) is 2.20. The summed E-state index contributed by atoms with van der Waals surface area (Å²) in [6.07, 6.45) is 1.85. The maximum absolute atomic E-state index is 10.8. The predicted molar refractivity (Wildman–Crippen MR) is 64.3 cm³/mol. The third kappa shape index (κ3) is 2.62. The van der Waals surface area contributed by atoms with E-state index >= 15 is 0 Å². The second-order valence-corrected chi connectivity index (χ2v) is 4.77. The minimum Gasteiger partial charge on any atom is -0.476 e. The third-order valence-electron chi connectivity index (χ3n) is 2.19. The molecule has 2 rings (SSSR count). The SMILES string of the molecule is Cc1sc(NCc2ccn(C)n2)nc1C(=O)O. The van der Waals surface area contributed by atoms with Crippen molar-refractivity contribution in [2.24, 2.45) is 7.05 Å². The number of aryl methyl sites for hydroxylation is 2. The zero-order valence-electron chi connectivity index (χ0n) is 9.47. The van der Waals surface area contributed by atoms with Gasteiger partial charge >= 0.3 is 5.97 Å². The number of thiazole rings is 1. The molecule has 2 aromatic heterocycles. The van der Waals surface area contributed by atoms with E-state index in [0.717, 1.165) is 5.69 Å². The van der Waals surface area contributed by atoms with Gasteiger partial charge in [0, 0.05) is 18.1 Å². The lowest BCUT2D eigenvalue weighted by Crippen LogP contribution is -2.02. The van der Waals surface area contributed by atoms with E-state index in [9.17, 15) is 4.79 Å². The number of carboxylic acid groups (broad SMARTS) is 1. The molecule has 17 heavy (non-hydrogen) atoms. The quantitative estimate of drug-likeness (QED) is 0.861.